The van der Waals surface area contributed by atoms with Crippen LogP contribution in [0, 0.1) is 0 Å². The predicted molar refractivity (Wildman–Crippen MR) is 78.9 cm³/mol. The molecule has 6 nitrogen and oxygen atoms in total. The molecule has 1 fully saturated rings. The third-order valence-corrected chi connectivity index (χ3v) is 3.74. The van der Waals surface area contributed by atoms with Crippen molar-refractivity contribution >= 4 is 23.8 Å². The molecule has 0 bridgehead atoms. The first kappa shape index (κ1) is 17.1. The zero-order valence-corrected chi connectivity index (χ0v) is 13.4. The molecule has 0 spiro atoms. The van der Waals surface area contributed by atoms with Crippen LogP contribution in [-0.4, -0.2) is 67.4 Å². The lowest BCUT2D eigenvalue weighted by Gasteiger charge is -2.35. The van der Waals surface area contributed by atoms with Gasteiger partial charge in [0.15, 0.2) is 0 Å². The highest BCUT2D eigenvalue weighted by atomic mass is 32.2. The van der Waals surface area contributed by atoms with Crippen molar-refractivity contribution in [3.8, 4) is 0 Å². The topological polar surface area (TPSA) is 67.9 Å². The number of morpholine rings is 1. The highest BCUT2D eigenvalue weighted by Gasteiger charge is 2.29. The number of nitrogens with zero attached hydrogens (tertiary/aromatic N) is 1. The number of amides is 2. The van der Waals surface area contributed by atoms with Gasteiger partial charge in [-0.05, 0) is 32.3 Å². The van der Waals surface area contributed by atoms with Crippen molar-refractivity contribution in [2.75, 3.05) is 32.2 Å². The van der Waals surface area contributed by atoms with E-state index in [0.717, 1.165) is 5.75 Å². The molecule has 1 N–H and O–H groups in total. The largest absolute Gasteiger partial charge is 0.467 e. The van der Waals surface area contributed by atoms with E-state index in [2.05, 4.69) is 5.32 Å². The molecule has 0 aromatic carbocycles. The van der Waals surface area contributed by atoms with Crippen LogP contribution in [0.1, 0.15) is 20.3 Å². The fourth-order valence-electron chi connectivity index (χ4n) is 2.21. The molecule has 2 amide bonds. The van der Waals surface area contributed by atoms with Crippen LogP contribution >= 0.6 is 11.8 Å². The van der Waals surface area contributed by atoms with Crippen LogP contribution in [0.5, 0.6) is 0 Å². The number of rotatable bonds is 5. The van der Waals surface area contributed by atoms with E-state index in [1.807, 2.05) is 20.1 Å². The van der Waals surface area contributed by atoms with Crippen LogP contribution in [-0.2, 0) is 14.3 Å². The first-order chi connectivity index (χ1) is 9.47. The van der Waals surface area contributed by atoms with Gasteiger partial charge in [0.05, 0.1) is 19.3 Å². The Balaban J connectivity index is 2.57. The number of carbonyl (C=O) groups excluding carboxylic acids is 2. The Labute approximate surface area is 124 Å². The minimum Gasteiger partial charge on any atom is -0.467 e. The molecular formula is C13H24N2O4S. The molecule has 1 rings (SSSR count). The van der Waals surface area contributed by atoms with Crippen LogP contribution in [0.4, 0.5) is 4.79 Å². The molecule has 7 heteroatoms. The minimum absolute atomic E-state index is 0.00674. The second kappa shape index (κ2) is 8.36. The Bertz CT molecular complexity index is 330. The normalized spacial score (nSPS) is 24.1. The van der Waals surface area contributed by atoms with Crippen molar-refractivity contribution < 1.29 is 19.1 Å². The quantitative estimate of drug-likeness (QED) is 0.770. The molecule has 0 radical (unpaired) electrons. The maximum absolute atomic E-state index is 12.2. The number of methoxy groups -OCH3 is 1. The number of thioether (sulfide) groups is 1. The second-order valence-corrected chi connectivity index (χ2v) is 5.95. The maximum atomic E-state index is 12.2. The van der Waals surface area contributed by atoms with E-state index in [9.17, 15) is 9.59 Å². The van der Waals surface area contributed by atoms with Crippen molar-refractivity contribution in [2.24, 2.45) is 0 Å². The summed E-state index contributed by atoms with van der Waals surface area (Å²) in [6.45, 7) is 4.93. The summed E-state index contributed by atoms with van der Waals surface area (Å²) in [4.78, 5) is 25.6. The van der Waals surface area contributed by atoms with Gasteiger partial charge in [-0.3, -0.25) is 0 Å². The van der Waals surface area contributed by atoms with E-state index < -0.39 is 12.0 Å². The molecule has 0 saturated carbocycles. The van der Waals surface area contributed by atoms with E-state index in [1.54, 1.807) is 16.7 Å². The number of hydrogen-bond acceptors (Lipinski definition) is 5. The van der Waals surface area contributed by atoms with Crippen LogP contribution in [0.25, 0.3) is 0 Å². The van der Waals surface area contributed by atoms with Gasteiger partial charge in [0.25, 0.3) is 0 Å². The maximum Gasteiger partial charge on any atom is 0.328 e. The van der Waals surface area contributed by atoms with E-state index in [4.69, 9.17) is 9.47 Å². The highest BCUT2D eigenvalue weighted by Crippen LogP contribution is 2.11. The Morgan fingerprint density at radius 1 is 1.40 bits per heavy atom. The smallest absolute Gasteiger partial charge is 0.328 e. The number of carbonyl (C=O) groups is 2. The number of urea groups is 1. The van der Waals surface area contributed by atoms with Gasteiger partial charge in [0.1, 0.15) is 6.04 Å². The van der Waals surface area contributed by atoms with Gasteiger partial charge < -0.3 is 19.7 Å². The summed E-state index contributed by atoms with van der Waals surface area (Å²) in [5.74, 6) is 0.387. The molecule has 1 aliphatic rings. The summed E-state index contributed by atoms with van der Waals surface area (Å²) in [6.07, 6.45) is 2.54. The molecule has 1 aliphatic heterocycles. The van der Waals surface area contributed by atoms with E-state index >= 15 is 0 Å². The zero-order valence-electron chi connectivity index (χ0n) is 12.5. The molecule has 0 aromatic rings. The van der Waals surface area contributed by atoms with Crippen LogP contribution in [0.15, 0.2) is 0 Å². The molecule has 116 valence electrons. The van der Waals surface area contributed by atoms with Crippen molar-refractivity contribution in [1.29, 1.82) is 0 Å². The number of esters is 1. The van der Waals surface area contributed by atoms with Crippen molar-refractivity contribution in [3.05, 3.63) is 0 Å². The minimum atomic E-state index is -0.589. The van der Waals surface area contributed by atoms with Gasteiger partial charge in [-0.25, -0.2) is 9.59 Å². The van der Waals surface area contributed by atoms with Crippen LogP contribution in [0.3, 0.4) is 0 Å². The highest BCUT2D eigenvalue weighted by molar-refractivity contribution is 7.98. The molecule has 0 aliphatic carbocycles. The van der Waals surface area contributed by atoms with Gasteiger partial charge in [0.2, 0.25) is 0 Å². The van der Waals surface area contributed by atoms with Crippen molar-refractivity contribution in [1.82, 2.24) is 10.2 Å². The van der Waals surface area contributed by atoms with Gasteiger partial charge in [-0.2, -0.15) is 11.8 Å². The third kappa shape index (κ3) is 5.20. The SMILES string of the molecule is COC(=O)C(CCSC)NC(=O)N1CC(C)OC(C)C1. The van der Waals surface area contributed by atoms with Crippen molar-refractivity contribution in [3.63, 3.8) is 0 Å². The average molecular weight is 304 g/mol. The molecular weight excluding hydrogens is 280 g/mol. The first-order valence-corrected chi connectivity index (χ1v) is 8.15. The average Bonchev–Trinajstić information content (AvgIpc) is 2.41. The Hall–Kier alpha value is -0.950. The molecule has 3 unspecified atom stereocenters. The summed E-state index contributed by atoms with van der Waals surface area (Å²) in [7, 11) is 1.33. The second-order valence-electron chi connectivity index (χ2n) is 4.97. The van der Waals surface area contributed by atoms with Gasteiger partial charge in [0, 0.05) is 13.1 Å². The number of ether oxygens (including phenoxy) is 2. The first-order valence-electron chi connectivity index (χ1n) is 6.75. The summed E-state index contributed by atoms with van der Waals surface area (Å²) < 4.78 is 10.3. The standard InChI is InChI=1S/C13H24N2O4S/c1-9-7-15(8-10(2)19-9)13(17)14-11(5-6-20-4)12(16)18-3/h9-11H,5-8H2,1-4H3,(H,14,17). The predicted octanol–water partition coefficient (Wildman–Crippen LogP) is 1.10. The lowest BCUT2D eigenvalue weighted by Crippen LogP contribution is -2.55. The molecule has 0 aromatic heterocycles. The lowest BCUT2D eigenvalue weighted by molar-refractivity contribution is -0.143. The number of hydrogen-bond donors (Lipinski definition) is 1. The molecule has 20 heavy (non-hydrogen) atoms. The lowest BCUT2D eigenvalue weighted by atomic mass is 10.2. The summed E-state index contributed by atoms with van der Waals surface area (Å²) in [5.41, 5.74) is 0. The Morgan fingerprint density at radius 2 is 2.00 bits per heavy atom. The molecule has 1 heterocycles. The summed E-state index contributed by atoms with van der Waals surface area (Å²) >= 11 is 1.63. The van der Waals surface area contributed by atoms with Crippen LogP contribution < -0.4 is 5.32 Å². The van der Waals surface area contributed by atoms with Crippen LogP contribution in [0.2, 0.25) is 0 Å². The Kier molecular flexibility index (Phi) is 7.15. The fraction of sp³-hybridized carbons (Fsp3) is 0.846. The van der Waals surface area contributed by atoms with Crippen molar-refractivity contribution in [2.45, 2.75) is 38.5 Å². The van der Waals surface area contributed by atoms with Gasteiger partial charge >= 0.3 is 12.0 Å². The van der Waals surface area contributed by atoms with Gasteiger partial charge in [-0.15, -0.1) is 0 Å². The fourth-order valence-corrected chi connectivity index (χ4v) is 2.68. The Morgan fingerprint density at radius 3 is 2.50 bits per heavy atom. The summed E-state index contributed by atoms with van der Waals surface area (Å²) in [5, 5.41) is 2.76. The summed E-state index contributed by atoms with van der Waals surface area (Å²) in [6, 6.07) is -0.822. The molecule has 3 atom stereocenters. The van der Waals surface area contributed by atoms with E-state index in [-0.39, 0.29) is 18.2 Å². The third-order valence-electron chi connectivity index (χ3n) is 3.10. The van der Waals surface area contributed by atoms with Gasteiger partial charge in [-0.1, -0.05) is 0 Å². The monoisotopic (exact) mass is 304 g/mol. The number of nitrogens with one attached hydrogen (secondary N) is 1. The molecule has 1 saturated heterocycles. The van der Waals surface area contributed by atoms with E-state index in [0.29, 0.717) is 19.5 Å². The van der Waals surface area contributed by atoms with E-state index in [1.165, 1.54) is 7.11 Å². The zero-order chi connectivity index (χ0) is 15.1.